The van der Waals surface area contributed by atoms with Gasteiger partial charge in [0.2, 0.25) is 0 Å². The molecule has 0 saturated carbocycles. The standard InChI is InChI=1S/C11H8Br2N2O3/c1-18-9(16)4-15-5-14-10-7(11(15)17)2-6(12)3-8(10)13/h2-3,5H,4H2,1H3. The maximum atomic E-state index is 12.2. The van der Waals surface area contributed by atoms with Gasteiger partial charge in [0.1, 0.15) is 6.54 Å². The van der Waals surface area contributed by atoms with Crippen molar-refractivity contribution in [3.63, 3.8) is 0 Å². The van der Waals surface area contributed by atoms with Crippen LogP contribution in [0.4, 0.5) is 0 Å². The second-order valence-electron chi connectivity index (χ2n) is 3.54. The van der Waals surface area contributed by atoms with Gasteiger partial charge in [-0.3, -0.25) is 14.2 Å². The maximum Gasteiger partial charge on any atom is 0.325 e. The molecular formula is C11H8Br2N2O3. The van der Waals surface area contributed by atoms with E-state index in [0.717, 1.165) is 4.47 Å². The van der Waals surface area contributed by atoms with Crippen LogP contribution >= 0.6 is 31.9 Å². The largest absolute Gasteiger partial charge is 0.468 e. The third-order valence-corrected chi connectivity index (χ3v) is 3.44. The van der Waals surface area contributed by atoms with Gasteiger partial charge in [0, 0.05) is 8.95 Å². The molecule has 0 saturated heterocycles. The number of aromatic nitrogens is 2. The Kier molecular flexibility index (Phi) is 3.82. The summed E-state index contributed by atoms with van der Waals surface area (Å²) in [6.07, 6.45) is 1.33. The number of carbonyl (C=O) groups excluding carboxylic acids is 1. The lowest BCUT2D eigenvalue weighted by molar-refractivity contribution is -0.141. The number of ether oxygens (including phenoxy) is 1. The molecule has 5 nitrogen and oxygen atoms in total. The lowest BCUT2D eigenvalue weighted by atomic mass is 10.2. The van der Waals surface area contributed by atoms with E-state index in [9.17, 15) is 9.59 Å². The Morgan fingerprint density at radius 2 is 2.17 bits per heavy atom. The van der Waals surface area contributed by atoms with E-state index in [4.69, 9.17) is 0 Å². The van der Waals surface area contributed by atoms with Crippen molar-refractivity contribution in [1.29, 1.82) is 0 Å². The molecule has 18 heavy (non-hydrogen) atoms. The third-order valence-electron chi connectivity index (χ3n) is 2.37. The lowest BCUT2D eigenvalue weighted by Gasteiger charge is -2.06. The van der Waals surface area contributed by atoms with Crippen LogP contribution in [-0.2, 0) is 16.1 Å². The highest BCUT2D eigenvalue weighted by Crippen LogP contribution is 2.24. The van der Waals surface area contributed by atoms with E-state index >= 15 is 0 Å². The average Bonchev–Trinajstić information content (AvgIpc) is 2.33. The average molecular weight is 376 g/mol. The number of nitrogens with zero attached hydrogens (tertiary/aromatic N) is 2. The monoisotopic (exact) mass is 374 g/mol. The van der Waals surface area contributed by atoms with Crippen LogP contribution in [0.1, 0.15) is 0 Å². The summed E-state index contributed by atoms with van der Waals surface area (Å²) < 4.78 is 7.22. The molecule has 0 unspecified atom stereocenters. The molecule has 0 radical (unpaired) electrons. The van der Waals surface area contributed by atoms with Crippen LogP contribution in [0.3, 0.4) is 0 Å². The highest BCUT2D eigenvalue weighted by atomic mass is 79.9. The Balaban J connectivity index is 2.64. The minimum absolute atomic E-state index is 0.150. The molecule has 0 aliphatic carbocycles. The summed E-state index contributed by atoms with van der Waals surface area (Å²) in [6, 6.07) is 3.47. The summed E-state index contributed by atoms with van der Waals surface area (Å²) in [5, 5.41) is 0.433. The van der Waals surface area contributed by atoms with Gasteiger partial charge in [-0.1, -0.05) is 15.9 Å². The van der Waals surface area contributed by atoms with Crippen molar-refractivity contribution in [2.75, 3.05) is 7.11 Å². The Morgan fingerprint density at radius 1 is 1.44 bits per heavy atom. The van der Waals surface area contributed by atoms with E-state index in [1.165, 1.54) is 18.0 Å². The van der Waals surface area contributed by atoms with Crippen molar-refractivity contribution in [3.8, 4) is 0 Å². The molecule has 0 spiro atoms. The second-order valence-corrected chi connectivity index (χ2v) is 5.31. The van der Waals surface area contributed by atoms with E-state index in [1.807, 2.05) is 0 Å². The van der Waals surface area contributed by atoms with Crippen LogP contribution in [0.25, 0.3) is 10.9 Å². The van der Waals surface area contributed by atoms with Crippen molar-refractivity contribution in [2.24, 2.45) is 0 Å². The van der Waals surface area contributed by atoms with E-state index < -0.39 is 5.97 Å². The fourth-order valence-electron chi connectivity index (χ4n) is 1.51. The van der Waals surface area contributed by atoms with Crippen LogP contribution in [0.15, 0.2) is 32.2 Å². The number of carbonyl (C=O) groups is 1. The van der Waals surface area contributed by atoms with Gasteiger partial charge in [-0.15, -0.1) is 0 Å². The smallest absolute Gasteiger partial charge is 0.325 e. The summed E-state index contributed by atoms with van der Waals surface area (Å²) in [5.41, 5.74) is 0.275. The molecule has 0 bridgehead atoms. The molecule has 2 rings (SSSR count). The van der Waals surface area contributed by atoms with Crippen LogP contribution in [-0.4, -0.2) is 22.6 Å². The summed E-state index contributed by atoms with van der Waals surface area (Å²) in [4.78, 5) is 27.5. The first-order valence-corrected chi connectivity index (χ1v) is 6.52. The summed E-state index contributed by atoms with van der Waals surface area (Å²) in [7, 11) is 1.27. The van der Waals surface area contributed by atoms with Crippen molar-refractivity contribution in [1.82, 2.24) is 9.55 Å². The number of hydrogen-bond donors (Lipinski definition) is 0. The summed E-state index contributed by atoms with van der Waals surface area (Å²) >= 11 is 6.65. The predicted molar refractivity (Wildman–Crippen MR) is 73.4 cm³/mol. The number of rotatable bonds is 2. The van der Waals surface area contributed by atoms with E-state index in [1.54, 1.807) is 12.1 Å². The van der Waals surface area contributed by atoms with Gasteiger partial charge < -0.3 is 4.74 Å². The first-order chi connectivity index (χ1) is 8.52. The molecule has 7 heteroatoms. The van der Waals surface area contributed by atoms with Crippen LogP contribution < -0.4 is 5.56 Å². The third kappa shape index (κ3) is 2.46. The SMILES string of the molecule is COC(=O)Cn1cnc2c(Br)cc(Br)cc2c1=O. The molecule has 0 aliphatic rings. The number of fused-ring (bicyclic) bond motifs is 1. The zero-order valence-corrected chi connectivity index (χ0v) is 12.5. The number of esters is 1. The molecular weight excluding hydrogens is 368 g/mol. The Hall–Kier alpha value is -1.21. The fraction of sp³-hybridized carbons (Fsp3) is 0.182. The van der Waals surface area contributed by atoms with E-state index in [-0.39, 0.29) is 12.1 Å². The minimum Gasteiger partial charge on any atom is -0.468 e. The molecule has 1 heterocycles. The second kappa shape index (κ2) is 5.19. The lowest BCUT2D eigenvalue weighted by Crippen LogP contribution is -2.25. The van der Waals surface area contributed by atoms with Gasteiger partial charge in [-0.2, -0.15) is 0 Å². The van der Waals surface area contributed by atoms with Crippen LogP contribution in [0, 0.1) is 0 Å². The van der Waals surface area contributed by atoms with Gasteiger partial charge in [-0.05, 0) is 28.1 Å². The molecule has 0 aliphatic heterocycles. The molecule has 2 aromatic rings. The number of benzene rings is 1. The van der Waals surface area contributed by atoms with Crippen molar-refractivity contribution in [2.45, 2.75) is 6.54 Å². The highest BCUT2D eigenvalue weighted by Gasteiger charge is 2.10. The fourth-order valence-corrected chi connectivity index (χ4v) is 2.84. The van der Waals surface area contributed by atoms with Gasteiger partial charge in [0.05, 0.1) is 24.3 Å². The van der Waals surface area contributed by atoms with Crippen LogP contribution in [0.5, 0.6) is 0 Å². The van der Waals surface area contributed by atoms with Gasteiger partial charge >= 0.3 is 5.97 Å². The van der Waals surface area contributed by atoms with Gasteiger partial charge in [0.15, 0.2) is 0 Å². The topological polar surface area (TPSA) is 61.2 Å². The summed E-state index contributed by atoms with van der Waals surface area (Å²) in [6.45, 7) is -0.150. The zero-order chi connectivity index (χ0) is 13.3. The molecule has 94 valence electrons. The van der Waals surface area contributed by atoms with Crippen molar-refractivity contribution >= 4 is 48.7 Å². The minimum atomic E-state index is -0.493. The Labute approximate surface area is 119 Å². The van der Waals surface area contributed by atoms with Crippen molar-refractivity contribution in [3.05, 3.63) is 37.8 Å². The van der Waals surface area contributed by atoms with Crippen molar-refractivity contribution < 1.29 is 9.53 Å². The molecule has 1 aromatic heterocycles. The molecule has 0 atom stereocenters. The Bertz CT molecular complexity index is 682. The molecule has 0 fully saturated rings. The first-order valence-electron chi connectivity index (χ1n) is 4.94. The zero-order valence-electron chi connectivity index (χ0n) is 9.31. The number of hydrogen-bond acceptors (Lipinski definition) is 4. The van der Waals surface area contributed by atoms with E-state index in [2.05, 4.69) is 41.6 Å². The summed E-state index contributed by atoms with van der Waals surface area (Å²) in [5.74, 6) is -0.493. The van der Waals surface area contributed by atoms with Gasteiger partial charge in [-0.25, -0.2) is 4.98 Å². The maximum absolute atomic E-state index is 12.2. The first kappa shape index (κ1) is 13.2. The Morgan fingerprint density at radius 3 is 2.83 bits per heavy atom. The predicted octanol–water partition coefficient (Wildman–Crippen LogP) is 2.09. The number of methoxy groups -OCH3 is 1. The molecule has 0 N–H and O–H groups in total. The van der Waals surface area contributed by atoms with Crippen LogP contribution in [0.2, 0.25) is 0 Å². The molecule has 0 amide bonds. The quantitative estimate of drug-likeness (QED) is 0.754. The van der Waals surface area contributed by atoms with Gasteiger partial charge in [0.25, 0.3) is 5.56 Å². The normalized spacial score (nSPS) is 10.6. The molecule has 1 aromatic carbocycles. The highest BCUT2D eigenvalue weighted by molar-refractivity contribution is 9.11. The van der Waals surface area contributed by atoms with E-state index in [0.29, 0.717) is 15.4 Å². The number of halogens is 2.